The van der Waals surface area contributed by atoms with Gasteiger partial charge in [-0.05, 0) is 18.1 Å². The molecule has 1 atom stereocenters. The molecule has 0 aliphatic carbocycles. The molecular formula is C14H22FN5O. The minimum Gasteiger partial charge on any atom is -0.409 e. The van der Waals surface area contributed by atoms with Crippen LogP contribution in [-0.4, -0.2) is 58.0 Å². The van der Waals surface area contributed by atoms with Crippen molar-refractivity contribution in [3.8, 4) is 0 Å². The van der Waals surface area contributed by atoms with E-state index < -0.39 is 0 Å². The number of halogens is 1. The molecule has 0 amide bonds. The predicted octanol–water partition coefficient (Wildman–Crippen LogP) is 0.863. The monoisotopic (exact) mass is 295 g/mol. The van der Waals surface area contributed by atoms with Gasteiger partial charge in [0.25, 0.3) is 0 Å². The van der Waals surface area contributed by atoms with E-state index in [1.54, 1.807) is 6.20 Å². The van der Waals surface area contributed by atoms with Crippen molar-refractivity contribution in [1.29, 1.82) is 0 Å². The molecular weight excluding hydrogens is 273 g/mol. The summed E-state index contributed by atoms with van der Waals surface area (Å²) in [7, 11) is 0. The maximum Gasteiger partial charge on any atom is 0.156 e. The highest BCUT2D eigenvalue weighted by Crippen LogP contribution is 2.12. The fourth-order valence-corrected chi connectivity index (χ4v) is 2.75. The van der Waals surface area contributed by atoms with E-state index in [0.717, 1.165) is 38.2 Å². The Morgan fingerprint density at radius 2 is 2.14 bits per heavy atom. The summed E-state index contributed by atoms with van der Waals surface area (Å²) in [6.45, 7) is 6.14. The van der Waals surface area contributed by atoms with Crippen LogP contribution in [0.1, 0.15) is 18.9 Å². The average molecular weight is 295 g/mol. The lowest BCUT2D eigenvalue weighted by atomic mass is 10.1. The molecule has 21 heavy (non-hydrogen) atoms. The van der Waals surface area contributed by atoms with Gasteiger partial charge in [0.15, 0.2) is 5.84 Å². The second-order valence-corrected chi connectivity index (χ2v) is 5.27. The molecule has 0 radical (unpaired) electrons. The Hall–Kier alpha value is -1.73. The third-order valence-electron chi connectivity index (χ3n) is 3.86. The van der Waals surface area contributed by atoms with Gasteiger partial charge in [-0.1, -0.05) is 12.1 Å². The van der Waals surface area contributed by atoms with Crippen LogP contribution in [0.2, 0.25) is 0 Å². The summed E-state index contributed by atoms with van der Waals surface area (Å²) in [5.41, 5.74) is 6.61. The zero-order valence-corrected chi connectivity index (χ0v) is 12.2. The number of pyridine rings is 1. The highest BCUT2D eigenvalue weighted by molar-refractivity contribution is 5.85. The number of amidine groups is 1. The summed E-state index contributed by atoms with van der Waals surface area (Å²) >= 11 is 0. The Morgan fingerprint density at radius 1 is 1.43 bits per heavy atom. The topological polar surface area (TPSA) is 78.0 Å². The molecule has 0 aromatic carbocycles. The lowest BCUT2D eigenvalue weighted by Gasteiger charge is -2.38. The molecule has 1 saturated heterocycles. The zero-order valence-electron chi connectivity index (χ0n) is 12.2. The summed E-state index contributed by atoms with van der Waals surface area (Å²) in [6, 6.07) is 1.50. The van der Waals surface area contributed by atoms with E-state index in [2.05, 4.69) is 19.9 Å². The number of nitrogens with two attached hydrogens (primary N) is 1. The molecule has 2 rings (SSSR count). The second kappa shape index (κ2) is 7.33. The van der Waals surface area contributed by atoms with E-state index in [1.807, 2.05) is 6.92 Å². The number of rotatable bonds is 5. The number of aromatic nitrogens is 1. The highest BCUT2D eigenvalue weighted by atomic mass is 19.1. The van der Waals surface area contributed by atoms with E-state index in [0.29, 0.717) is 6.54 Å². The van der Waals surface area contributed by atoms with Crippen molar-refractivity contribution in [3.63, 3.8) is 0 Å². The van der Waals surface area contributed by atoms with Gasteiger partial charge in [-0.25, -0.2) is 4.39 Å². The van der Waals surface area contributed by atoms with E-state index in [4.69, 9.17) is 10.9 Å². The molecule has 2 heterocycles. The second-order valence-electron chi connectivity index (χ2n) is 5.27. The van der Waals surface area contributed by atoms with Crippen LogP contribution in [0.25, 0.3) is 0 Å². The van der Waals surface area contributed by atoms with Crippen LogP contribution in [0.4, 0.5) is 4.39 Å². The van der Waals surface area contributed by atoms with Crippen LogP contribution < -0.4 is 5.73 Å². The van der Waals surface area contributed by atoms with Crippen LogP contribution in [0.3, 0.4) is 0 Å². The molecule has 0 bridgehead atoms. The number of oxime groups is 1. The fraction of sp³-hybridized carbons (Fsp3) is 0.571. The molecule has 7 heteroatoms. The van der Waals surface area contributed by atoms with Gasteiger partial charge in [0.1, 0.15) is 5.82 Å². The Bertz CT molecular complexity index is 488. The van der Waals surface area contributed by atoms with E-state index in [-0.39, 0.29) is 17.7 Å². The Kier molecular flexibility index (Phi) is 5.46. The van der Waals surface area contributed by atoms with Crippen LogP contribution in [0, 0.1) is 5.82 Å². The van der Waals surface area contributed by atoms with Gasteiger partial charge in [-0.15, -0.1) is 0 Å². The lowest BCUT2D eigenvalue weighted by molar-refractivity contribution is 0.109. The van der Waals surface area contributed by atoms with Crippen molar-refractivity contribution in [1.82, 2.24) is 14.8 Å². The number of nitrogens with zero attached hydrogens (tertiary/aromatic N) is 4. The summed E-state index contributed by atoms with van der Waals surface area (Å²) in [6.07, 6.45) is 3.72. The number of hydrogen-bond acceptors (Lipinski definition) is 5. The molecule has 6 nitrogen and oxygen atoms in total. The van der Waals surface area contributed by atoms with Crippen LogP contribution in [0.15, 0.2) is 23.6 Å². The Labute approximate surface area is 124 Å². The average Bonchev–Trinajstić information content (AvgIpc) is 2.49. The smallest absolute Gasteiger partial charge is 0.156 e. The molecule has 1 unspecified atom stereocenters. The summed E-state index contributed by atoms with van der Waals surface area (Å²) in [5, 5.41) is 11.9. The predicted molar refractivity (Wildman–Crippen MR) is 78.5 cm³/mol. The molecule has 1 aromatic heterocycles. The van der Waals surface area contributed by atoms with Crippen molar-refractivity contribution in [2.45, 2.75) is 25.9 Å². The van der Waals surface area contributed by atoms with Gasteiger partial charge < -0.3 is 10.9 Å². The molecule has 0 saturated carbocycles. The van der Waals surface area contributed by atoms with E-state index in [9.17, 15) is 4.39 Å². The van der Waals surface area contributed by atoms with Crippen LogP contribution in [0.5, 0.6) is 0 Å². The first-order valence-corrected chi connectivity index (χ1v) is 7.17. The molecule has 3 N–H and O–H groups in total. The minimum atomic E-state index is -0.302. The standard InChI is InChI=1S/C14H22FN5O/c1-2-13(14(16)18-21)20-5-3-19(4-6-20)10-11-7-12(15)9-17-8-11/h7-9,13,21H,2-6,10H2,1H3,(H2,16,18). The Balaban J connectivity index is 1.88. The maximum atomic E-state index is 13.1. The normalized spacial score (nSPS) is 19.6. The van der Waals surface area contributed by atoms with Crippen molar-refractivity contribution >= 4 is 5.84 Å². The highest BCUT2D eigenvalue weighted by Gasteiger charge is 2.25. The van der Waals surface area contributed by atoms with Gasteiger partial charge in [-0.2, -0.15) is 0 Å². The van der Waals surface area contributed by atoms with Crippen molar-refractivity contribution < 1.29 is 9.60 Å². The summed E-state index contributed by atoms with van der Waals surface area (Å²) in [5.74, 6) is -0.0376. The van der Waals surface area contributed by atoms with Gasteiger partial charge in [0.05, 0.1) is 12.2 Å². The maximum absolute atomic E-state index is 13.1. The van der Waals surface area contributed by atoms with Crippen molar-refractivity contribution in [2.24, 2.45) is 10.9 Å². The summed E-state index contributed by atoms with van der Waals surface area (Å²) in [4.78, 5) is 8.34. The van der Waals surface area contributed by atoms with Gasteiger partial charge >= 0.3 is 0 Å². The van der Waals surface area contributed by atoms with Crippen LogP contribution in [-0.2, 0) is 6.54 Å². The van der Waals surface area contributed by atoms with Crippen molar-refractivity contribution in [2.75, 3.05) is 26.2 Å². The zero-order chi connectivity index (χ0) is 15.2. The van der Waals surface area contributed by atoms with Gasteiger partial charge in [0.2, 0.25) is 0 Å². The van der Waals surface area contributed by atoms with Crippen molar-refractivity contribution in [3.05, 3.63) is 29.8 Å². The largest absolute Gasteiger partial charge is 0.409 e. The third kappa shape index (κ3) is 4.12. The van der Waals surface area contributed by atoms with Crippen LogP contribution >= 0.6 is 0 Å². The lowest BCUT2D eigenvalue weighted by Crippen LogP contribution is -2.53. The molecule has 0 spiro atoms. The molecule has 1 aliphatic heterocycles. The molecule has 116 valence electrons. The van der Waals surface area contributed by atoms with E-state index in [1.165, 1.54) is 12.3 Å². The first-order chi connectivity index (χ1) is 10.1. The summed E-state index contributed by atoms with van der Waals surface area (Å²) < 4.78 is 13.1. The molecule has 1 aromatic rings. The Morgan fingerprint density at radius 3 is 2.71 bits per heavy atom. The minimum absolute atomic E-state index is 0.0204. The van der Waals surface area contributed by atoms with Gasteiger partial charge in [-0.3, -0.25) is 14.8 Å². The fourth-order valence-electron chi connectivity index (χ4n) is 2.75. The SMILES string of the molecule is CCC(/C(N)=N/O)N1CCN(Cc2cncc(F)c2)CC1. The number of piperazine rings is 1. The molecule has 1 aliphatic rings. The number of hydrogen-bond donors (Lipinski definition) is 2. The first-order valence-electron chi connectivity index (χ1n) is 7.17. The molecule has 1 fully saturated rings. The first kappa shape index (κ1) is 15.7. The third-order valence-corrected chi connectivity index (χ3v) is 3.86. The van der Waals surface area contributed by atoms with Gasteiger partial charge in [0, 0.05) is 38.9 Å². The quantitative estimate of drug-likeness (QED) is 0.365. The van der Waals surface area contributed by atoms with E-state index >= 15 is 0 Å².